The third kappa shape index (κ3) is 4.59. The minimum atomic E-state index is -0.842. The van der Waals surface area contributed by atoms with Crippen molar-refractivity contribution in [3.05, 3.63) is 27.4 Å². The Morgan fingerprint density at radius 1 is 1.15 bits per heavy atom. The summed E-state index contributed by atoms with van der Waals surface area (Å²) in [6.45, 7) is 6.24. The molecule has 0 aliphatic carbocycles. The number of carbonyl (C=O) groups excluding carboxylic acids is 2. The van der Waals surface area contributed by atoms with Crippen molar-refractivity contribution in [2.45, 2.75) is 78.7 Å². The topological polar surface area (TPSA) is 78.3 Å². The number of esters is 1. The Bertz CT molecular complexity index is 708. The van der Waals surface area contributed by atoms with E-state index in [2.05, 4.69) is 11.9 Å². The molecule has 1 unspecified atom stereocenters. The normalized spacial score (nSPS) is 16.4. The molecule has 0 saturated heterocycles. The molecule has 2 heterocycles. The Morgan fingerprint density at radius 3 is 2.54 bits per heavy atom. The molecule has 0 radical (unpaired) electrons. The highest BCUT2D eigenvalue weighted by Crippen LogP contribution is 2.21. The number of aryl methyl sites for hydroxylation is 1. The molecular weight excluding hydrogens is 332 g/mol. The summed E-state index contributed by atoms with van der Waals surface area (Å²) in [5.74, 6) is -1.66. The lowest BCUT2D eigenvalue weighted by Crippen LogP contribution is -2.41. The van der Waals surface area contributed by atoms with Gasteiger partial charge in [0.05, 0.1) is 6.61 Å². The molecule has 0 bridgehead atoms. The third-order valence-corrected chi connectivity index (χ3v) is 5.00. The van der Waals surface area contributed by atoms with E-state index < -0.39 is 17.7 Å². The van der Waals surface area contributed by atoms with Gasteiger partial charge in [0, 0.05) is 17.8 Å². The molecule has 0 N–H and O–H groups in total. The number of hydrogen-bond donors (Lipinski definition) is 0. The second-order valence-corrected chi connectivity index (χ2v) is 6.93. The van der Waals surface area contributed by atoms with Crippen LogP contribution in [0.4, 0.5) is 0 Å². The molecule has 0 aromatic carbocycles. The van der Waals surface area contributed by atoms with Gasteiger partial charge in [-0.2, -0.15) is 0 Å². The number of fused-ring (bicyclic) bond motifs is 1. The minimum Gasteiger partial charge on any atom is -0.465 e. The summed E-state index contributed by atoms with van der Waals surface area (Å²) in [5.41, 5.74) is 1.18. The maximum Gasteiger partial charge on any atom is 0.317 e. The van der Waals surface area contributed by atoms with E-state index in [-0.39, 0.29) is 18.0 Å². The zero-order chi connectivity index (χ0) is 19.1. The number of carbonyl (C=O) groups is 2. The lowest BCUT2D eigenvalue weighted by atomic mass is 9.95. The molecule has 0 fully saturated rings. The monoisotopic (exact) mass is 362 g/mol. The number of Topliss-reactive ketones (excluding diaryl/α,β-unsaturated/α-hetero) is 1. The Kier molecular flexibility index (Phi) is 7.54. The second-order valence-electron chi connectivity index (χ2n) is 6.93. The Labute approximate surface area is 155 Å². The quantitative estimate of drug-likeness (QED) is 0.383. The van der Waals surface area contributed by atoms with Crippen LogP contribution in [0.3, 0.4) is 0 Å². The Morgan fingerprint density at radius 2 is 1.85 bits per heavy atom. The zero-order valence-electron chi connectivity index (χ0n) is 16.2. The summed E-state index contributed by atoms with van der Waals surface area (Å²) in [7, 11) is 0. The summed E-state index contributed by atoms with van der Waals surface area (Å²) >= 11 is 0. The third-order valence-electron chi connectivity index (χ3n) is 5.00. The van der Waals surface area contributed by atoms with Crippen LogP contribution >= 0.6 is 0 Å². The van der Waals surface area contributed by atoms with Gasteiger partial charge in [-0.05, 0) is 33.1 Å². The molecule has 6 nitrogen and oxygen atoms in total. The SMILES string of the molecule is CCCCCCCCc1c(C)nc2n(c1=O)CCC(C(=O)OCC)C2=O. The van der Waals surface area contributed by atoms with Gasteiger partial charge in [0.15, 0.2) is 5.82 Å². The second kappa shape index (κ2) is 9.64. The van der Waals surface area contributed by atoms with Crippen LogP contribution in [0.5, 0.6) is 0 Å². The molecule has 2 rings (SSSR count). The van der Waals surface area contributed by atoms with Gasteiger partial charge in [-0.3, -0.25) is 19.0 Å². The molecule has 144 valence electrons. The smallest absolute Gasteiger partial charge is 0.317 e. The van der Waals surface area contributed by atoms with Gasteiger partial charge < -0.3 is 4.74 Å². The van der Waals surface area contributed by atoms with Crippen LogP contribution in [-0.4, -0.2) is 27.9 Å². The predicted molar refractivity (Wildman–Crippen MR) is 99.4 cm³/mol. The average molecular weight is 362 g/mol. The lowest BCUT2D eigenvalue weighted by Gasteiger charge is -2.23. The fourth-order valence-corrected chi connectivity index (χ4v) is 3.48. The molecule has 1 aromatic rings. The highest BCUT2D eigenvalue weighted by molar-refractivity contribution is 6.07. The minimum absolute atomic E-state index is 0.100. The highest BCUT2D eigenvalue weighted by Gasteiger charge is 2.36. The van der Waals surface area contributed by atoms with Crippen molar-refractivity contribution in [1.29, 1.82) is 0 Å². The summed E-state index contributed by atoms with van der Waals surface area (Å²) in [4.78, 5) is 41.7. The van der Waals surface area contributed by atoms with E-state index in [1.165, 1.54) is 30.3 Å². The van der Waals surface area contributed by atoms with Crippen molar-refractivity contribution in [2.24, 2.45) is 5.92 Å². The van der Waals surface area contributed by atoms with Crippen LogP contribution in [0.25, 0.3) is 0 Å². The fourth-order valence-electron chi connectivity index (χ4n) is 3.48. The maximum atomic E-state index is 12.8. The number of rotatable bonds is 9. The van der Waals surface area contributed by atoms with E-state index in [9.17, 15) is 14.4 Å². The van der Waals surface area contributed by atoms with E-state index >= 15 is 0 Å². The molecule has 0 amide bonds. The number of ketones is 1. The maximum absolute atomic E-state index is 12.8. The van der Waals surface area contributed by atoms with Gasteiger partial charge in [-0.1, -0.05) is 39.0 Å². The van der Waals surface area contributed by atoms with Gasteiger partial charge in [-0.25, -0.2) is 4.98 Å². The van der Waals surface area contributed by atoms with Crippen molar-refractivity contribution in [3.63, 3.8) is 0 Å². The molecule has 0 saturated carbocycles. The molecule has 6 heteroatoms. The van der Waals surface area contributed by atoms with Gasteiger partial charge in [0.25, 0.3) is 5.56 Å². The largest absolute Gasteiger partial charge is 0.465 e. The summed E-state index contributed by atoms with van der Waals surface area (Å²) in [6.07, 6.45) is 7.95. The van der Waals surface area contributed by atoms with E-state index in [0.717, 1.165) is 12.8 Å². The average Bonchev–Trinajstić information content (AvgIpc) is 2.61. The van der Waals surface area contributed by atoms with E-state index in [1.54, 1.807) is 13.8 Å². The first-order valence-electron chi connectivity index (χ1n) is 9.82. The van der Waals surface area contributed by atoms with Gasteiger partial charge in [0.2, 0.25) is 5.78 Å². The fraction of sp³-hybridized carbons (Fsp3) is 0.700. The molecule has 1 aliphatic heterocycles. The number of unbranched alkanes of at least 4 members (excludes halogenated alkanes) is 5. The van der Waals surface area contributed by atoms with Crippen molar-refractivity contribution in [3.8, 4) is 0 Å². The predicted octanol–water partition coefficient (Wildman–Crippen LogP) is 3.22. The Balaban J connectivity index is 2.11. The Hall–Kier alpha value is -1.98. The lowest BCUT2D eigenvalue weighted by molar-refractivity contribution is -0.146. The molecule has 1 aromatic heterocycles. The highest BCUT2D eigenvalue weighted by atomic mass is 16.5. The number of nitrogens with zero attached hydrogens (tertiary/aromatic N) is 2. The number of aromatic nitrogens is 2. The first-order valence-corrected chi connectivity index (χ1v) is 9.82. The molecule has 0 spiro atoms. The van der Waals surface area contributed by atoms with Crippen LogP contribution in [0.2, 0.25) is 0 Å². The van der Waals surface area contributed by atoms with Gasteiger partial charge in [-0.15, -0.1) is 0 Å². The van der Waals surface area contributed by atoms with Crippen molar-refractivity contribution < 1.29 is 14.3 Å². The molecule has 26 heavy (non-hydrogen) atoms. The molecule has 1 aliphatic rings. The summed E-state index contributed by atoms with van der Waals surface area (Å²) in [5, 5.41) is 0. The first-order chi connectivity index (χ1) is 12.5. The van der Waals surface area contributed by atoms with Crippen LogP contribution in [-0.2, 0) is 22.5 Å². The van der Waals surface area contributed by atoms with Crippen molar-refractivity contribution in [1.82, 2.24) is 9.55 Å². The van der Waals surface area contributed by atoms with E-state index in [1.807, 2.05) is 0 Å². The zero-order valence-corrected chi connectivity index (χ0v) is 16.2. The van der Waals surface area contributed by atoms with Crippen molar-refractivity contribution >= 4 is 11.8 Å². The molecular formula is C20H30N2O4. The summed E-state index contributed by atoms with van der Waals surface area (Å²) < 4.78 is 6.41. The van der Waals surface area contributed by atoms with Crippen LogP contribution < -0.4 is 5.56 Å². The van der Waals surface area contributed by atoms with Gasteiger partial charge in [0.1, 0.15) is 5.92 Å². The van der Waals surface area contributed by atoms with E-state index in [0.29, 0.717) is 30.6 Å². The van der Waals surface area contributed by atoms with Gasteiger partial charge >= 0.3 is 5.97 Å². The van der Waals surface area contributed by atoms with Crippen LogP contribution in [0.1, 0.15) is 80.7 Å². The van der Waals surface area contributed by atoms with Crippen LogP contribution in [0, 0.1) is 12.8 Å². The van der Waals surface area contributed by atoms with E-state index in [4.69, 9.17) is 4.74 Å². The number of ether oxygens (including phenoxy) is 1. The number of hydrogen-bond acceptors (Lipinski definition) is 5. The first kappa shape index (κ1) is 20.3. The van der Waals surface area contributed by atoms with Crippen LogP contribution in [0.15, 0.2) is 4.79 Å². The van der Waals surface area contributed by atoms with Crippen molar-refractivity contribution in [2.75, 3.05) is 6.61 Å². The summed E-state index contributed by atoms with van der Waals surface area (Å²) in [6, 6.07) is 0. The molecule has 1 atom stereocenters. The standard InChI is InChI=1S/C20H30N2O4/c1-4-6-7-8-9-10-11-15-14(3)21-18-17(23)16(20(25)26-5-2)12-13-22(18)19(15)24/h16H,4-13H2,1-3H3.